The maximum Gasteiger partial charge on any atom is 0.411 e. The van der Waals surface area contributed by atoms with Crippen LogP contribution in [0.25, 0.3) is 0 Å². The molecular formula is C20H24FN3O4. The lowest BCUT2D eigenvalue weighted by Gasteiger charge is -2.15. The molecule has 28 heavy (non-hydrogen) atoms. The lowest BCUT2D eigenvalue weighted by Crippen LogP contribution is -2.32. The number of carbonyl (C=O) groups excluding carboxylic acids is 2. The minimum atomic E-state index is -0.583. The van der Waals surface area contributed by atoms with Gasteiger partial charge in [0.1, 0.15) is 12.4 Å². The minimum absolute atomic E-state index is 0.0489. The van der Waals surface area contributed by atoms with Crippen LogP contribution in [0.2, 0.25) is 0 Å². The Morgan fingerprint density at radius 2 is 1.79 bits per heavy atom. The average Bonchev–Trinajstić information content (AvgIpc) is 2.67. The van der Waals surface area contributed by atoms with Gasteiger partial charge in [-0.15, -0.1) is 0 Å². The van der Waals surface area contributed by atoms with Gasteiger partial charge >= 0.3 is 6.09 Å². The summed E-state index contributed by atoms with van der Waals surface area (Å²) in [5.74, 6) is -0.533. The summed E-state index contributed by atoms with van der Waals surface area (Å²) in [7, 11) is 1.52. The highest BCUT2D eigenvalue weighted by Crippen LogP contribution is 2.16. The van der Waals surface area contributed by atoms with Gasteiger partial charge in [0, 0.05) is 18.5 Å². The number of carbonyl (C=O) groups is 2. The van der Waals surface area contributed by atoms with Gasteiger partial charge in [0.25, 0.3) is 0 Å². The highest BCUT2D eigenvalue weighted by molar-refractivity contribution is 5.86. The number of ether oxygens (including phenoxy) is 2. The van der Waals surface area contributed by atoms with Crippen molar-refractivity contribution in [3.05, 3.63) is 59.9 Å². The number of nitrogens with one attached hydrogen (secondary N) is 3. The third-order valence-corrected chi connectivity index (χ3v) is 3.83. The zero-order chi connectivity index (χ0) is 20.4. The van der Waals surface area contributed by atoms with Crippen LogP contribution >= 0.6 is 0 Å². The number of methoxy groups -OCH3 is 1. The van der Waals surface area contributed by atoms with E-state index in [2.05, 4.69) is 16.0 Å². The molecule has 3 N–H and O–H groups in total. The maximum absolute atomic E-state index is 13.0. The van der Waals surface area contributed by atoms with Crippen LogP contribution in [0.3, 0.4) is 0 Å². The van der Waals surface area contributed by atoms with E-state index < -0.39 is 6.09 Å². The van der Waals surface area contributed by atoms with Crippen molar-refractivity contribution in [1.29, 1.82) is 0 Å². The molecular weight excluding hydrogens is 365 g/mol. The molecule has 8 heteroatoms. The van der Waals surface area contributed by atoms with Crippen molar-refractivity contribution in [2.75, 3.05) is 37.5 Å². The Labute approximate surface area is 163 Å². The number of rotatable bonds is 9. The minimum Gasteiger partial charge on any atom is -0.447 e. The van der Waals surface area contributed by atoms with Gasteiger partial charge in [-0.3, -0.25) is 10.1 Å². The van der Waals surface area contributed by atoms with Gasteiger partial charge in [-0.2, -0.15) is 0 Å². The molecule has 2 amide bonds. The van der Waals surface area contributed by atoms with E-state index in [1.54, 1.807) is 36.4 Å². The van der Waals surface area contributed by atoms with Gasteiger partial charge in [0.2, 0.25) is 5.91 Å². The quantitative estimate of drug-likeness (QED) is 0.573. The molecule has 2 aromatic rings. The van der Waals surface area contributed by atoms with Crippen LogP contribution in [-0.4, -0.2) is 38.9 Å². The normalized spacial score (nSPS) is 11.4. The summed E-state index contributed by atoms with van der Waals surface area (Å²) in [6.45, 7) is 2.35. The Hall–Kier alpha value is -3.13. The monoisotopic (exact) mass is 389 g/mol. The van der Waals surface area contributed by atoms with Crippen molar-refractivity contribution in [1.82, 2.24) is 5.32 Å². The summed E-state index contributed by atoms with van der Waals surface area (Å²) in [5.41, 5.74) is 2.01. The maximum atomic E-state index is 13.0. The molecule has 0 saturated carbocycles. The molecule has 1 atom stereocenters. The fourth-order valence-electron chi connectivity index (χ4n) is 2.39. The topological polar surface area (TPSA) is 88.7 Å². The van der Waals surface area contributed by atoms with Crippen molar-refractivity contribution < 1.29 is 23.5 Å². The summed E-state index contributed by atoms with van der Waals surface area (Å²) < 4.78 is 22.7. The van der Waals surface area contributed by atoms with Crippen LogP contribution in [0.1, 0.15) is 18.5 Å². The van der Waals surface area contributed by atoms with E-state index in [4.69, 9.17) is 9.47 Å². The number of anilines is 2. The van der Waals surface area contributed by atoms with Gasteiger partial charge in [-0.05, 0) is 42.8 Å². The van der Waals surface area contributed by atoms with Crippen molar-refractivity contribution in [3.63, 3.8) is 0 Å². The molecule has 0 spiro atoms. The van der Waals surface area contributed by atoms with Crippen LogP contribution in [-0.2, 0) is 14.3 Å². The fourth-order valence-corrected chi connectivity index (χ4v) is 2.39. The molecule has 0 aliphatic heterocycles. The lowest BCUT2D eigenvalue weighted by molar-refractivity contribution is -0.120. The summed E-state index contributed by atoms with van der Waals surface area (Å²) >= 11 is 0. The van der Waals surface area contributed by atoms with Crippen LogP contribution in [0.5, 0.6) is 0 Å². The van der Waals surface area contributed by atoms with E-state index in [0.29, 0.717) is 18.0 Å². The summed E-state index contributed by atoms with van der Waals surface area (Å²) in [6.07, 6.45) is -0.583. The molecule has 0 heterocycles. The van der Waals surface area contributed by atoms with E-state index in [0.717, 1.165) is 5.56 Å². The van der Waals surface area contributed by atoms with Crippen LogP contribution < -0.4 is 16.0 Å². The summed E-state index contributed by atoms with van der Waals surface area (Å²) in [5, 5.41) is 8.43. The Balaban J connectivity index is 1.80. The number of hydrogen-bond acceptors (Lipinski definition) is 5. The highest BCUT2D eigenvalue weighted by atomic mass is 19.1. The molecule has 0 radical (unpaired) electrons. The Morgan fingerprint density at radius 1 is 1.07 bits per heavy atom. The van der Waals surface area contributed by atoms with Gasteiger partial charge in [0.05, 0.1) is 19.2 Å². The predicted molar refractivity (Wildman–Crippen MR) is 105 cm³/mol. The largest absolute Gasteiger partial charge is 0.447 e. The summed E-state index contributed by atoms with van der Waals surface area (Å²) in [6, 6.07) is 12.6. The molecule has 2 aromatic carbocycles. The molecule has 0 saturated heterocycles. The number of hydrogen-bond donors (Lipinski definition) is 3. The first-order chi connectivity index (χ1) is 13.5. The summed E-state index contributed by atoms with van der Waals surface area (Å²) in [4.78, 5) is 23.8. The third kappa shape index (κ3) is 7.24. The number of amides is 2. The van der Waals surface area contributed by atoms with Crippen molar-refractivity contribution in [2.24, 2.45) is 0 Å². The second-order valence-corrected chi connectivity index (χ2v) is 6.03. The van der Waals surface area contributed by atoms with E-state index in [9.17, 15) is 14.0 Å². The fraction of sp³-hybridized carbons (Fsp3) is 0.300. The van der Waals surface area contributed by atoms with Crippen molar-refractivity contribution in [3.8, 4) is 0 Å². The van der Waals surface area contributed by atoms with Gasteiger partial charge in [0.15, 0.2) is 0 Å². The smallest absolute Gasteiger partial charge is 0.411 e. The molecule has 0 aliphatic rings. The molecule has 0 bridgehead atoms. The zero-order valence-corrected chi connectivity index (χ0v) is 15.8. The zero-order valence-electron chi connectivity index (χ0n) is 15.8. The number of benzene rings is 2. The highest BCUT2D eigenvalue weighted by Gasteiger charge is 2.10. The third-order valence-electron chi connectivity index (χ3n) is 3.83. The molecule has 0 fully saturated rings. The van der Waals surface area contributed by atoms with E-state index >= 15 is 0 Å². The van der Waals surface area contributed by atoms with Gasteiger partial charge in [-0.1, -0.05) is 18.2 Å². The number of halogens is 1. The van der Waals surface area contributed by atoms with E-state index in [1.165, 1.54) is 19.2 Å². The standard InChI is InChI=1S/C20H24FN3O4/c1-14(15-6-8-16(21)9-7-15)23-19(25)13-22-17-4-3-5-18(12-17)24-20(26)28-11-10-27-2/h3-9,12,14,22H,10-11,13H2,1-2H3,(H,23,25)(H,24,26). The van der Waals surface area contributed by atoms with Gasteiger partial charge < -0.3 is 20.1 Å². The van der Waals surface area contributed by atoms with Crippen LogP contribution in [0, 0.1) is 5.82 Å². The first kappa shape index (κ1) is 21.2. The lowest BCUT2D eigenvalue weighted by atomic mass is 10.1. The van der Waals surface area contributed by atoms with Crippen LogP contribution in [0.15, 0.2) is 48.5 Å². The SMILES string of the molecule is COCCOC(=O)Nc1cccc(NCC(=O)NC(C)c2ccc(F)cc2)c1. The van der Waals surface area contributed by atoms with E-state index in [-0.39, 0.29) is 30.9 Å². The van der Waals surface area contributed by atoms with Gasteiger partial charge in [-0.25, -0.2) is 9.18 Å². The van der Waals surface area contributed by atoms with E-state index in [1.807, 2.05) is 6.92 Å². The van der Waals surface area contributed by atoms with Crippen molar-refractivity contribution in [2.45, 2.75) is 13.0 Å². The molecule has 0 aromatic heterocycles. The van der Waals surface area contributed by atoms with Crippen LogP contribution in [0.4, 0.5) is 20.6 Å². The molecule has 1 unspecified atom stereocenters. The Morgan fingerprint density at radius 3 is 2.50 bits per heavy atom. The average molecular weight is 389 g/mol. The Bertz CT molecular complexity index is 783. The first-order valence-corrected chi connectivity index (χ1v) is 8.79. The molecule has 7 nitrogen and oxygen atoms in total. The second-order valence-electron chi connectivity index (χ2n) is 6.03. The molecule has 2 rings (SSSR count). The predicted octanol–water partition coefficient (Wildman–Crippen LogP) is 3.31. The molecule has 0 aliphatic carbocycles. The van der Waals surface area contributed by atoms with Crippen molar-refractivity contribution >= 4 is 23.4 Å². The first-order valence-electron chi connectivity index (χ1n) is 8.79. The Kier molecular flexibility index (Phi) is 8.23. The molecule has 150 valence electrons. The second kappa shape index (κ2) is 10.9.